The summed E-state index contributed by atoms with van der Waals surface area (Å²) in [6.07, 6.45) is 7.09. The van der Waals surface area contributed by atoms with E-state index in [4.69, 9.17) is 4.52 Å². The molecule has 0 bridgehead atoms. The first-order valence-electron chi connectivity index (χ1n) is 6.25. The highest BCUT2D eigenvalue weighted by Crippen LogP contribution is 2.09. The first-order chi connectivity index (χ1) is 9.58. The number of hydrogen-bond acceptors (Lipinski definition) is 5. The van der Waals surface area contributed by atoms with E-state index in [1.165, 1.54) is 6.26 Å². The van der Waals surface area contributed by atoms with E-state index in [1.54, 1.807) is 25.5 Å². The van der Waals surface area contributed by atoms with Gasteiger partial charge in [-0.25, -0.2) is 0 Å². The molecular weight excluding hydrogens is 252 g/mol. The number of aromatic nitrogens is 1. The summed E-state index contributed by atoms with van der Waals surface area (Å²) in [5.74, 6) is 0.609. The Balaban J connectivity index is 2.75. The molecule has 0 fully saturated rings. The van der Waals surface area contributed by atoms with Crippen molar-refractivity contribution in [2.24, 2.45) is 9.98 Å². The van der Waals surface area contributed by atoms with Crippen LogP contribution in [0.4, 0.5) is 5.82 Å². The minimum absolute atomic E-state index is 0.609. The van der Waals surface area contributed by atoms with E-state index in [0.717, 1.165) is 16.9 Å². The van der Waals surface area contributed by atoms with Gasteiger partial charge in [0.15, 0.2) is 5.82 Å². The van der Waals surface area contributed by atoms with Gasteiger partial charge in [-0.1, -0.05) is 17.8 Å². The van der Waals surface area contributed by atoms with E-state index in [1.807, 2.05) is 26.8 Å². The van der Waals surface area contributed by atoms with Gasteiger partial charge < -0.3 is 9.84 Å². The van der Waals surface area contributed by atoms with Gasteiger partial charge in [-0.05, 0) is 31.9 Å². The van der Waals surface area contributed by atoms with Crippen molar-refractivity contribution < 1.29 is 4.52 Å². The van der Waals surface area contributed by atoms with E-state index in [-0.39, 0.29) is 0 Å². The molecule has 1 aromatic rings. The van der Waals surface area contributed by atoms with Gasteiger partial charge >= 0.3 is 0 Å². The zero-order chi connectivity index (χ0) is 15.0. The Morgan fingerprint density at radius 1 is 1.45 bits per heavy atom. The highest BCUT2D eigenvalue weighted by Gasteiger charge is 2.01. The summed E-state index contributed by atoms with van der Waals surface area (Å²) in [6.45, 7) is 9.75. The second kappa shape index (κ2) is 7.89. The van der Waals surface area contributed by atoms with E-state index in [2.05, 4.69) is 27.0 Å². The molecule has 1 rings (SSSR count). The number of rotatable bonds is 6. The lowest BCUT2D eigenvalue weighted by Gasteiger charge is -2.05. The number of hydrogen-bond donors (Lipinski definition) is 1. The van der Waals surface area contributed by atoms with Crippen LogP contribution in [-0.2, 0) is 0 Å². The van der Waals surface area contributed by atoms with Crippen LogP contribution >= 0.6 is 0 Å². The summed E-state index contributed by atoms with van der Waals surface area (Å²) in [7, 11) is 1.75. The Bertz CT molecular complexity index is 563. The van der Waals surface area contributed by atoms with Gasteiger partial charge in [-0.2, -0.15) is 0 Å². The summed E-state index contributed by atoms with van der Waals surface area (Å²) in [5.41, 5.74) is 3.52. The molecule has 0 amide bonds. The first-order valence-corrected chi connectivity index (χ1v) is 6.25. The SMILES string of the molecule is C=C(Nc1ccon1)C(C)=N/C=C(C)/C(C=NC)=C/C. The highest BCUT2D eigenvalue weighted by molar-refractivity contribution is 6.00. The minimum Gasteiger partial charge on any atom is -0.363 e. The second-order valence-electron chi connectivity index (χ2n) is 4.15. The molecule has 0 aliphatic rings. The number of nitrogens with one attached hydrogen (secondary N) is 1. The molecule has 0 saturated heterocycles. The van der Waals surface area contributed by atoms with E-state index >= 15 is 0 Å². The molecule has 0 aliphatic carbocycles. The Hall–Kier alpha value is -2.43. The lowest BCUT2D eigenvalue weighted by atomic mass is 10.1. The fraction of sp³-hybridized carbons (Fsp3) is 0.267. The molecule has 0 aromatic carbocycles. The maximum absolute atomic E-state index is 4.74. The van der Waals surface area contributed by atoms with Gasteiger partial charge in [0.2, 0.25) is 0 Å². The minimum atomic E-state index is 0.609. The summed E-state index contributed by atoms with van der Waals surface area (Å²) in [6, 6.07) is 1.72. The van der Waals surface area contributed by atoms with Crippen LogP contribution in [0, 0.1) is 0 Å². The third-order valence-electron chi connectivity index (χ3n) is 2.64. The molecule has 5 heteroatoms. The number of allylic oxidation sites excluding steroid dienone is 4. The van der Waals surface area contributed by atoms with Crippen LogP contribution in [-0.4, -0.2) is 24.1 Å². The van der Waals surface area contributed by atoms with Crippen LogP contribution in [0.15, 0.2) is 62.5 Å². The smallest absolute Gasteiger partial charge is 0.173 e. The Morgan fingerprint density at radius 2 is 2.20 bits per heavy atom. The van der Waals surface area contributed by atoms with Crippen molar-refractivity contribution in [2.75, 3.05) is 12.4 Å². The fourth-order valence-corrected chi connectivity index (χ4v) is 1.41. The third-order valence-corrected chi connectivity index (χ3v) is 2.64. The van der Waals surface area contributed by atoms with Crippen molar-refractivity contribution in [1.29, 1.82) is 0 Å². The summed E-state index contributed by atoms with van der Waals surface area (Å²) >= 11 is 0. The first kappa shape index (κ1) is 15.6. The van der Waals surface area contributed by atoms with Gasteiger partial charge in [0.05, 0.1) is 11.4 Å². The lowest BCUT2D eigenvalue weighted by molar-refractivity contribution is 0.423. The molecule has 0 unspecified atom stereocenters. The zero-order valence-electron chi connectivity index (χ0n) is 12.3. The second-order valence-corrected chi connectivity index (χ2v) is 4.15. The van der Waals surface area contributed by atoms with Crippen LogP contribution in [0.2, 0.25) is 0 Å². The molecule has 106 valence electrons. The predicted molar refractivity (Wildman–Crippen MR) is 84.3 cm³/mol. The molecule has 0 aliphatic heterocycles. The van der Waals surface area contributed by atoms with Crippen molar-refractivity contribution in [1.82, 2.24) is 5.16 Å². The topological polar surface area (TPSA) is 62.8 Å². The average molecular weight is 272 g/mol. The van der Waals surface area contributed by atoms with Gasteiger partial charge in [-0.15, -0.1) is 0 Å². The van der Waals surface area contributed by atoms with Crippen molar-refractivity contribution >= 4 is 17.7 Å². The molecule has 1 aromatic heterocycles. The molecular formula is C15H20N4O. The van der Waals surface area contributed by atoms with E-state index in [9.17, 15) is 0 Å². The van der Waals surface area contributed by atoms with Crippen molar-refractivity contribution in [3.05, 3.63) is 48.0 Å². The van der Waals surface area contributed by atoms with Crippen LogP contribution in [0.25, 0.3) is 0 Å². The van der Waals surface area contributed by atoms with Crippen molar-refractivity contribution in [2.45, 2.75) is 20.8 Å². The molecule has 1 heterocycles. The molecule has 5 nitrogen and oxygen atoms in total. The molecule has 0 spiro atoms. The van der Waals surface area contributed by atoms with Crippen LogP contribution in [0.3, 0.4) is 0 Å². The zero-order valence-corrected chi connectivity index (χ0v) is 12.3. The number of anilines is 1. The Kier molecular flexibility index (Phi) is 6.16. The molecule has 0 saturated carbocycles. The summed E-state index contributed by atoms with van der Waals surface area (Å²) < 4.78 is 4.74. The fourth-order valence-electron chi connectivity index (χ4n) is 1.41. The van der Waals surface area contributed by atoms with Crippen LogP contribution in [0.5, 0.6) is 0 Å². The quantitative estimate of drug-likeness (QED) is 0.635. The van der Waals surface area contributed by atoms with Gasteiger partial charge in [0.1, 0.15) is 6.26 Å². The van der Waals surface area contributed by atoms with E-state index < -0.39 is 0 Å². The van der Waals surface area contributed by atoms with Gasteiger partial charge in [-0.3, -0.25) is 9.98 Å². The number of aliphatic imine (C=N–C) groups is 2. The molecule has 1 N–H and O–H groups in total. The average Bonchev–Trinajstić information content (AvgIpc) is 2.94. The van der Waals surface area contributed by atoms with Gasteiger partial charge in [0, 0.05) is 25.5 Å². The van der Waals surface area contributed by atoms with Crippen LogP contribution < -0.4 is 5.32 Å². The molecule has 20 heavy (non-hydrogen) atoms. The van der Waals surface area contributed by atoms with Crippen molar-refractivity contribution in [3.8, 4) is 0 Å². The van der Waals surface area contributed by atoms with Crippen molar-refractivity contribution in [3.63, 3.8) is 0 Å². The Labute approximate surface area is 119 Å². The summed E-state index contributed by atoms with van der Waals surface area (Å²) in [5, 5.41) is 6.77. The molecule has 0 radical (unpaired) electrons. The summed E-state index contributed by atoms with van der Waals surface area (Å²) in [4.78, 5) is 8.40. The highest BCUT2D eigenvalue weighted by atomic mass is 16.5. The maximum Gasteiger partial charge on any atom is 0.173 e. The number of nitrogens with zero attached hydrogens (tertiary/aromatic N) is 3. The van der Waals surface area contributed by atoms with Crippen LogP contribution in [0.1, 0.15) is 20.8 Å². The lowest BCUT2D eigenvalue weighted by Crippen LogP contribution is -2.06. The monoisotopic (exact) mass is 272 g/mol. The van der Waals surface area contributed by atoms with Gasteiger partial charge in [0.25, 0.3) is 0 Å². The third kappa shape index (κ3) is 4.68. The maximum atomic E-state index is 4.74. The normalized spacial score (nSPS) is 13.9. The standard InChI is InChI=1S/C15H20N4O/c1-6-14(10-16-5)11(2)9-17-12(3)13(4)18-15-7-8-20-19-15/h6-10H,4H2,1-3,5H3,(H,18,19)/b11-9+,14-6+,16-10?,17-12?. The molecule has 0 atom stereocenters. The predicted octanol–water partition coefficient (Wildman–Crippen LogP) is 3.61. The Morgan fingerprint density at radius 3 is 2.75 bits per heavy atom. The largest absolute Gasteiger partial charge is 0.363 e. The van der Waals surface area contributed by atoms with E-state index in [0.29, 0.717) is 11.5 Å².